The number of morpholine rings is 1. The van der Waals surface area contributed by atoms with Gasteiger partial charge < -0.3 is 20.3 Å². The van der Waals surface area contributed by atoms with Gasteiger partial charge in [0.05, 0.1) is 23.5 Å². The number of hydrogen-bond acceptors (Lipinski definition) is 8. The minimum Gasteiger partial charge on any atom is -0.378 e. The maximum Gasteiger partial charge on any atom is 0.323 e. The van der Waals surface area contributed by atoms with Gasteiger partial charge in [-0.1, -0.05) is 0 Å². The van der Waals surface area contributed by atoms with Crippen LogP contribution in [0.15, 0.2) is 96.0 Å². The molecule has 0 saturated carbocycles. The predicted octanol–water partition coefficient (Wildman–Crippen LogP) is 5.11. The minimum absolute atomic E-state index is 0.0127. The fourth-order valence-electron chi connectivity index (χ4n) is 4.54. The first-order chi connectivity index (χ1) is 20.8. The number of fused-ring (bicyclic) bond motifs is 1. The zero-order chi connectivity index (χ0) is 29.8. The monoisotopic (exact) mass is 599 g/mol. The van der Waals surface area contributed by atoms with Gasteiger partial charge in [-0.3, -0.25) is 4.72 Å². The predicted molar refractivity (Wildman–Crippen MR) is 162 cm³/mol. The first kappa shape index (κ1) is 28.0. The van der Waals surface area contributed by atoms with Crippen LogP contribution >= 0.6 is 0 Å². The standard InChI is InChI=1S/C30H26FN7O4S/c31-21-5-9-24(10-6-21)37-43(40,41)25-13-11-23(12-14-25)34-30(39)33-22-7-3-20(4-8-22)27-35-28-26(2-1-15-32-28)29(36-27)38-16-18-42-19-17-38/h1-15,37H,16-19H2,(H2,33,34,39). The van der Waals surface area contributed by atoms with Crippen molar-refractivity contribution in [3.63, 3.8) is 0 Å². The zero-order valence-corrected chi connectivity index (χ0v) is 23.5. The lowest BCUT2D eigenvalue weighted by atomic mass is 10.2. The van der Waals surface area contributed by atoms with Crippen LogP contribution in [0.5, 0.6) is 0 Å². The number of rotatable bonds is 7. The van der Waals surface area contributed by atoms with Crippen molar-refractivity contribution in [2.75, 3.05) is 46.6 Å². The molecule has 1 saturated heterocycles. The molecule has 1 fully saturated rings. The Bertz CT molecular complexity index is 1860. The lowest BCUT2D eigenvalue weighted by Crippen LogP contribution is -2.37. The number of benzene rings is 3. The van der Waals surface area contributed by atoms with E-state index in [2.05, 4.69) is 30.2 Å². The lowest BCUT2D eigenvalue weighted by molar-refractivity contribution is 0.122. The Morgan fingerprint density at radius 1 is 0.814 bits per heavy atom. The Balaban J connectivity index is 1.11. The third-order valence-corrected chi connectivity index (χ3v) is 8.08. The molecule has 2 amide bonds. The molecule has 2 aromatic heterocycles. The topological polar surface area (TPSA) is 138 Å². The molecule has 0 radical (unpaired) electrons. The van der Waals surface area contributed by atoms with Gasteiger partial charge in [-0.2, -0.15) is 0 Å². The molecule has 1 aliphatic rings. The van der Waals surface area contributed by atoms with Crippen LogP contribution in [0.4, 0.5) is 32.1 Å². The summed E-state index contributed by atoms with van der Waals surface area (Å²) < 4.78 is 46.2. The summed E-state index contributed by atoms with van der Waals surface area (Å²) in [4.78, 5) is 28.7. The molecule has 11 nitrogen and oxygen atoms in total. The number of ether oxygens (including phenoxy) is 1. The third kappa shape index (κ3) is 6.52. The number of aromatic nitrogens is 3. The molecule has 43 heavy (non-hydrogen) atoms. The number of halogens is 1. The van der Waals surface area contributed by atoms with E-state index in [-0.39, 0.29) is 10.6 Å². The van der Waals surface area contributed by atoms with Crippen LogP contribution in [-0.2, 0) is 14.8 Å². The Morgan fingerprint density at radius 2 is 1.44 bits per heavy atom. The molecule has 3 N–H and O–H groups in total. The van der Waals surface area contributed by atoms with Gasteiger partial charge in [-0.05, 0) is 84.9 Å². The molecule has 3 heterocycles. The van der Waals surface area contributed by atoms with E-state index in [1.165, 1.54) is 36.4 Å². The van der Waals surface area contributed by atoms with Crippen LogP contribution in [0.2, 0.25) is 0 Å². The van der Waals surface area contributed by atoms with Gasteiger partial charge in [-0.15, -0.1) is 0 Å². The molecule has 0 aliphatic carbocycles. The van der Waals surface area contributed by atoms with Crippen LogP contribution in [0.3, 0.4) is 0 Å². The second-order valence-electron chi connectivity index (χ2n) is 9.64. The molecule has 5 aromatic rings. The number of carbonyl (C=O) groups is 1. The fourth-order valence-corrected chi connectivity index (χ4v) is 5.60. The van der Waals surface area contributed by atoms with Gasteiger partial charge in [-0.25, -0.2) is 32.6 Å². The maximum atomic E-state index is 13.1. The van der Waals surface area contributed by atoms with Crippen LogP contribution in [0, 0.1) is 5.82 Å². The normalized spacial score (nSPS) is 13.5. The molecule has 218 valence electrons. The second kappa shape index (κ2) is 12.0. The number of sulfonamides is 1. The van der Waals surface area contributed by atoms with E-state index >= 15 is 0 Å². The molecule has 0 unspecified atom stereocenters. The van der Waals surface area contributed by atoms with E-state index in [4.69, 9.17) is 9.72 Å². The lowest BCUT2D eigenvalue weighted by Gasteiger charge is -2.28. The number of carbonyl (C=O) groups excluding carboxylic acids is 1. The van der Waals surface area contributed by atoms with Crippen molar-refractivity contribution < 1.29 is 22.3 Å². The molecule has 0 spiro atoms. The summed E-state index contributed by atoms with van der Waals surface area (Å²) in [5.74, 6) is 0.859. The van der Waals surface area contributed by atoms with E-state index < -0.39 is 21.9 Å². The molecular formula is C30H26FN7O4S. The summed E-state index contributed by atoms with van der Waals surface area (Å²) in [6, 6.07) is 21.1. The average molecular weight is 600 g/mol. The van der Waals surface area contributed by atoms with Crippen molar-refractivity contribution in [2.24, 2.45) is 0 Å². The highest BCUT2D eigenvalue weighted by Crippen LogP contribution is 2.28. The van der Waals surface area contributed by atoms with E-state index in [0.29, 0.717) is 36.1 Å². The number of anilines is 4. The number of urea groups is 1. The zero-order valence-electron chi connectivity index (χ0n) is 22.7. The SMILES string of the molecule is O=C(Nc1ccc(-c2nc(N3CCOCC3)c3cccnc3n2)cc1)Nc1ccc(S(=O)(=O)Nc2ccc(F)cc2)cc1. The maximum absolute atomic E-state index is 13.1. The van der Waals surface area contributed by atoms with Crippen molar-refractivity contribution in [3.05, 3.63) is 96.9 Å². The Kier molecular flexibility index (Phi) is 7.81. The Labute approximate surface area is 246 Å². The molecule has 1 aliphatic heterocycles. The molecular weight excluding hydrogens is 573 g/mol. The first-order valence-corrected chi connectivity index (χ1v) is 14.8. The fraction of sp³-hybridized carbons (Fsp3) is 0.133. The van der Waals surface area contributed by atoms with Crippen LogP contribution in [0.25, 0.3) is 22.4 Å². The quantitative estimate of drug-likeness (QED) is 0.235. The van der Waals surface area contributed by atoms with Gasteiger partial charge in [0.25, 0.3) is 10.0 Å². The van der Waals surface area contributed by atoms with Gasteiger partial charge in [0.15, 0.2) is 11.5 Å². The molecule has 0 bridgehead atoms. The molecule has 6 rings (SSSR count). The van der Waals surface area contributed by atoms with E-state index in [1.807, 2.05) is 24.3 Å². The van der Waals surface area contributed by atoms with Crippen molar-refractivity contribution >= 4 is 50.0 Å². The van der Waals surface area contributed by atoms with Crippen molar-refractivity contribution in [3.8, 4) is 11.4 Å². The summed E-state index contributed by atoms with van der Waals surface area (Å²) in [6.07, 6.45) is 1.70. The highest BCUT2D eigenvalue weighted by atomic mass is 32.2. The smallest absolute Gasteiger partial charge is 0.323 e. The van der Waals surface area contributed by atoms with Gasteiger partial charge in [0, 0.05) is 41.9 Å². The number of hydrogen-bond donors (Lipinski definition) is 3. The van der Waals surface area contributed by atoms with Crippen molar-refractivity contribution in [1.29, 1.82) is 0 Å². The van der Waals surface area contributed by atoms with Gasteiger partial charge >= 0.3 is 6.03 Å². The largest absolute Gasteiger partial charge is 0.378 e. The number of nitrogens with zero attached hydrogens (tertiary/aromatic N) is 4. The van der Waals surface area contributed by atoms with Gasteiger partial charge in [0.1, 0.15) is 11.6 Å². The van der Waals surface area contributed by atoms with E-state index in [1.54, 1.807) is 18.3 Å². The number of pyridine rings is 1. The molecule has 0 atom stereocenters. The minimum atomic E-state index is -3.89. The average Bonchev–Trinajstić information content (AvgIpc) is 3.02. The summed E-state index contributed by atoms with van der Waals surface area (Å²) in [6.45, 7) is 2.71. The molecule has 13 heteroatoms. The summed E-state index contributed by atoms with van der Waals surface area (Å²) in [5, 5.41) is 6.31. The second-order valence-corrected chi connectivity index (χ2v) is 11.3. The highest BCUT2D eigenvalue weighted by Gasteiger charge is 2.19. The highest BCUT2D eigenvalue weighted by molar-refractivity contribution is 7.92. The Morgan fingerprint density at radius 3 is 2.12 bits per heavy atom. The summed E-state index contributed by atoms with van der Waals surface area (Å²) in [5.41, 5.74) is 2.52. The van der Waals surface area contributed by atoms with Crippen molar-refractivity contribution in [1.82, 2.24) is 15.0 Å². The Hall–Kier alpha value is -5.14. The van der Waals surface area contributed by atoms with Crippen LogP contribution in [0.1, 0.15) is 0 Å². The van der Waals surface area contributed by atoms with Crippen molar-refractivity contribution in [2.45, 2.75) is 4.90 Å². The van der Waals surface area contributed by atoms with E-state index in [9.17, 15) is 17.6 Å². The van der Waals surface area contributed by atoms with E-state index in [0.717, 1.165) is 42.0 Å². The summed E-state index contributed by atoms with van der Waals surface area (Å²) in [7, 11) is -3.89. The van der Waals surface area contributed by atoms with Crippen LogP contribution in [-0.4, -0.2) is 55.7 Å². The third-order valence-electron chi connectivity index (χ3n) is 6.68. The summed E-state index contributed by atoms with van der Waals surface area (Å²) >= 11 is 0. The number of amides is 2. The number of nitrogens with one attached hydrogen (secondary N) is 3. The van der Waals surface area contributed by atoms with Gasteiger partial charge in [0.2, 0.25) is 0 Å². The van der Waals surface area contributed by atoms with Crippen LogP contribution < -0.4 is 20.3 Å². The first-order valence-electron chi connectivity index (χ1n) is 13.4. The molecule has 3 aromatic carbocycles.